The molecule has 0 bridgehead atoms. The van der Waals surface area contributed by atoms with Gasteiger partial charge >= 0.3 is 0 Å². The van der Waals surface area contributed by atoms with Crippen molar-refractivity contribution in [3.63, 3.8) is 0 Å². The van der Waals surface area contributed by atoms with Gasteiger partial charge in [0.05, 0.1) is 5.69 Å². The maximum Gasteiger partial charge on any atom is 0.138 e. The fourth-order valence-electron chi connectivity index (χ4n) is 2.55. The van der Waals surface area contributed by atoms with E-state index in [0.29, 0.717) is 6.04 Å². The highest BCUT2D eigenvalue weighted by Crippen LogP contribution is 2.34. The van der Waals surface area contributed by atoms with Crippen molar-refractivity contribution < 1.29 is 4.52 Å². The van der Waals surface area contributed by atoms with Crippen molar-refractivity contribution in [1.82, 2.24) is 10.1 Å². The molecule has 0 radical (unpaired) electrons. The van der Waals surface area contributed by atoms with Gasteiger partial charge in [-0.3, -0.25) is 4.90 Å². The van der Waals surface area contributed by atoms with E-state index in [-0.39, 0.29) is 0 Å². The van der Waals surface area contributed by atoms with Crippen LogP contribution in [-0.4, -0.2) is 29.7 Å². The molecule has 1 saturated heterocycles. The van der Waals surface area contributed by atoms with E-state index in [4.69, 9.17) is 10.3 Å². The second kappa shape index (κ2) is 4.33. The van der Waals surface area contributed by atoms with Crippen LogP contribution in [-0.2, 0) is 0 Å². The Morgan fingerprint density at radius 2 is 2.33 bits per heavy atom. The van der Waals surface area contributed by atoms with Crippen LogP contribution in [0.4, 0.5) is 0 Å². The van der Waals surface area contributed by atoms with E-state index in [2.05, 4.69) is 10.1 Å². The van der Waals surface area contributed by atoms with E-state index in [0.717, 1.165) is 31.1 Å². The summed E-state index contributed by atoms with van der Waals surface area (Å²) < 4.78 is 5.23. The van der Waals surface area contributed by atoms with Crippen LogP contribution in [0.15, 0.2) is 4.52 Å². The van der Waals surface area contributed by atoms with Crippen LogP contribution >= 0.6 is 0 Å². The first-order valence-corrected chi connectivity index (χ1v) is 5.61. The number of nitrogens with zero attached hydrogens (tertiary/aromatic N) is 2. The molecule has 84 valence electrons. The minimum Gasteiger partial charge on any atom is -0.361 e. The molecule has 1 fully saturated rings. The van der Waals surface area contributed by atoms with Gasteiger partial charge in [-0.05, 0) is 33.2 Å². The molecule has 0 amide bonds. The predicted molar refractivity (Wildman–Crippen MR) is 58.6 cm³/mol. The van der Waals surface area contributed by atoms with Crippen molar-refractivity contribution in [3.8, 4) is 0 Å². The Morgan fingerprint density at radius 1 is 1.53 bits per heavy atom. The first kappa shape index (κ1) is 10.6. The molecule has 1 aliphatic rings. The van der Waals surface area contributed by atoms with E-state index >= 15 is 0 Å². The third-order valence-electron chi connectivity index (χ3n) is 3.20. The number of rotatable bonds is 3. The van der Waals surface area contributed by atoms with Gasteiger partial charge in [-0.2, -0.15) is 0 Å². The van der Waals surface area contributed by atoms with Crippen molar-refractivity contribution >= 4 is 0 Å². The summed E-state index contributed by atoms with van der Waals surface area (Å²) in [7, 11) is 0. The molecule has 1 aromatic rings. The molecule has 15 heavy (non-hydrogen) atoms. The molecule has 2 heterocycles. The molecule has 1 aromatic heterocycles. The van der Waals surface area contributed by atoms with Gasteiger partial charge in [-0.1, -0.05) is 5.16 Å². The number of likely N-dealkylation sites (tertiary alicyclic amines) is 1. The molecule has 0 saturated carbocycles. The summed E-state index contributed by atoms with van der Waals surface area (Å²) in [6, 6.07) is 0.472. The van der Waals surface area contributed by atoms with Crippen molar-refractivity contribution in [1.29, 1.82) is 0 Å². The maximum absolute atomic E-state index is 5.62. The predicted octanol–water partition coefficient (Wildman–Crippen LogP) is 1.39. The molecule has 1 atom stereocenters. The molecule has 0 aromatic carbocycles. The Hall–Kier alpha value is -0.870. The first-order valence-electron chi connectivity index (χ1n) is 5.61. The summed E-state index contributed by atoms with van der Waals surface area (Å²) in [6.45, 7) is 6.85. The van der Waals surface area contributed by atoms with Gasteiger partial charge in [0.25, 0.3) is 0 Å². The summed E-state index contributed by atoms with van der Waals surface area (Å²) in [5.74, 6) is 0.960. The van der Waals surface area contributed by atoms with Crippen LogP contribution in [0.5, 0.6) is 0 Å². The van der Waals surface area contributed by atoms with Crippen LogP contribution in [0.3, 0.4) is 0 Å². The normalized spacial score (nSPS) is 22.5. The second-order valence-electron chi connectivity index (χ2n) is 4.22. The number of hydrogen-bond donors (Lipinski definition) is 1. The summed E-state index contributed by atoms with van der Waals surface area (Å²) in [5, 5.41) is 4.02. The Labute approximate surface area is 90.4 Å². The fourth-order valence-corrected chi connectivity index (χ4v) is 2.55. The molecule has 0 spiro atoms. The smallest absolute Gasteiger partial charge is 0.138 e. The minimum absolute atomic E-state index is 0.472. The van der Waals surface area contributed by atoms with Gasteiger partial charge in [0, 0.05) is 24.7 Å². The highest BCUT2D eigenvalue weighted by Gasteiger charge is 2.29. The Bertz CT molecular complexity index is 315. The van der Waals surface area contributed by atoms with Gasteiger partial charge in [-0.15, -0.1) is 0 Å². The van der Waals surface area contributed by atoms with E-state index in [1.165, 1.54) is 18.4 Å². The molecule has 2 rings (SSSR count). The van der Waals surface area contributed by atoms with Gasteiger partial charge in [0.15, 0.2) is 0 Å². The highest BCUT2D eigenvalue weighted by molar-refractivity contribution is 5.26. The molecular formula is C11H19N3O. The first-order chi connectivity index (χ1) is 7.24. The van der Waals surface area contributed by atoms with Crippen molar-refractivity contribution in [2.45, 2.75) is 32.7 Å². The Morgan fingerprint density at radius 3 is 2.93 bits per heavy atom. The number of nitrogens with two attached hydrogens (primary N) is 1. The zero-order chi connectivity index (χ0) is 10.8. The average molecular weight is 209 g/mol. The van der Waals surface area contributed by atoms with Gasteiger partial charge in [0.2, 0.25) is 0 Å². The molecule has 2 N–H and O–H groups in total. The Kier molecular flexibility index (Phi) is 3.07. The van der Waals surface area contributed by atoms with E-state index in [1.807, 2.05) is 13.8 Å². The fraction of sp³-hybridized carbons (Fsp3) is 0.727. The molecular weight excluding hydrogens is 190 g/mol. The third kappa shape index (κ3) is 1.92. The lowest BCUT2D eigenvalue weighted by Gasteiger charge is -2.23. The minimum atomic E-state index is 0.472. The highest BCUT2D eigenvalue weighted by atomic mass is 16.5. The lowest BCUT2D eigenvalue weighted by atomic mass is 10.0. The van der Waals surface area contributed by atoms with E-state index < -0.39 is 0 Å². The van der Waals surface area contributed by atoms with Crippen LogP contribution in [0, 0.1) is 13.8 Å². The second-order valence-corrected chi connectivity index (χ2v) is 4.22. The standard InChI is InChI=1S/C11H19N3O/c1-8-11(9(2)15-13-8)10-4-3-6-14(10)7-5-12/h10H,3-7,12H2,1-2H3. The van der Waals surface area contributed by atoms with Crippen LogP contribution < -0.4 is 5.73 Å². The summed E-state index contributed by atoms with van der Waals surface area (Å²) >= 11 is 0. The third-order valence-corrected chi connectivity index (χ3v) is 3.20. The number of hydrogen-bond acceptors (Lipinski definition) is 4. The van der Waals surface area contributed by atoms with Gasteiger partial charge in [-0.25, -0.2) is 0 Å². The average Bonchev–Trinajstić information content (AvgIpc) is 2.75. The molecule has 1 unspecified atom stereocenters. The quantitative estimate of drug-likeness (QED) is 0.817. The van der Waals surface area contributed by atoms with Crippen molar-refractivity contribution in [3.05, 3.63) is 17.0 Å². The topological polar surface area (TPSA) is 55.3 Å². The SMILES string of the molecule is Cc1noc(C)c1C1CCCN1CCN. The summed E-state index contributed by atoms with van der Waals surface area (Å²) in [5.41, 5.74) is 7.93. The number of aryl methyl sites for hydroxylation is 2. The van der Waals surface area contributed by atoms with Crippen LogP contribution in [0.25, 0.3) is 0 Å². The zero-order valence-corrected chi connectivity index (χ0v) is 9.49. The maximum atomic E-state index is 5.62. The summed E-state index contributed by atoms with van der Waals surface area (Å²) in [4.78, 5) is 2.44. The lowest BCUT2D eigenvalue weighted by Crippen LogP contribution is -2.29. The molecule has 0 aliphatic carbocycles. The Balaban J connectivity index is 2.22. The monoisotopic (exact) mass is 209 g/mol. The van der Waals surface area contributed by atoms with Crippen molar-refractivity contribution in [2.24, 2.45) is 5.73 Å². The van der Waals surface area contributed by atoms with E-state index in [1.54, 1.807) is 0 Å². The largest absolute Gasteiger partial charge is 0.361 e. The van der Waals surface area contributed by atoms with Gasteiger partial charge < -0.3 is 10.3 Å². The van der Waals surface area contributed by atoms with Crippen LogP contribution in [0.1, 0.15) is 35.9 Å². The summed E-state index contributed by atoms with van der Waals surface area (Å²) in [6.07, 6.45) is 2.44. The number of aromatic nitrogens is 1. The molecule has 1 aliphatic heterocycles. The van der Waals surface area contributed by atoms with E-state index in [9.17, 15) is 0 Å². The van der Waals surface area contributed by atoms with Crippen LogP contribution in [0.2, 0.25) is 0 Å². The van der Waals surface area contributed by atoms with Crippen molar-refractivity contribution in [2.75, 3.05) is 19.6 Å². The zero-order valence-electron chi connectivity index (χ0n) is 9.49. The lowest BCUT2D eigenvalue weighted by molar-refractivity contribution is 0.261. The van der Waals surface area contributed by atoms with Gasteiger partial charge in [0.1, 0.15) is 5.76 Å². The molecule has 4 nitrogen and oxygen atoms in total. The molecule has 4 heteroatoms.